The summed E-state index contributed by atoms with van der Waals surface area (Å²) in [4.78, 5) is 4.81. The molecule has 6 heteroatoms. The second-order valence-electron chi connectivity index (χ2n) is 5.13. The first kappa shape index (κ1) is 13.9. The molecular formula is C17H15N5S. The molecule has 0 spiro atoms. The fourth-order valence-electron chi connectivity index (χ4n) is 2.60. The predicted molar refractivity (Wildman–Crippen MR) is 93.7 cm³/mol. The lowest BCUT2D eigenvalue weighted by atomic mass is 10.2. The predicted octanol–water partition coefficient (Wildman–Crippen LogP) is 3.64. The summed E-state index contributed by atoms with van der Waals surface area (Å²) in [7, 11) is 1.85. The first-order valence-corrected chi connectivity index (χ1v) is 8.17. The highest BCUT2D eigenvalue weighted by atomic mass is 32.1. The van der Waals surface area contributed by atoms with Crippen LogP contribution in [0, 0.1) is 0 Å². The number of para-hydroxylation sites is 2. The van der Waals surface area contributed by atoms with Crippen molar-refractivity contribution in [1.82, 2.24) is 19.7 Å². The molecule has 23 heavy (non-hydrogen) atoms. The number of nitrogens with one attached hydrogen (secondary N) is 1. The van der Waals surface area contributed by atoms with Gasteiger partial charge in [0, 0.05) is 12.6 Å². The molecule has 0 atom stereocenters. The number of benzene rings is 2. The van der Waals surface area contributed by atoms with Gasteiger partial charge >= 0.3 is 0 Å². The summed E-state index contributed by atoms with van der Waals surface area (Å²) in [5.74, 6) is 0.952. The van der Waals surface area contributed by atoms with E-state index in [0.29, 0.717) is 6.54 Å². The Morgan fingerprint density at radius 3 is 2.57 bits per heavy atom. The average Bonchev–Trinajstić information content (AvgIpc) is 3.21. The zero-order chi connectivity index (χ0) is 15.6. The van der Waals surface area contributed by atoms with Crippen molar-refractivity contribution in [3.05, 3.63) is 59.6 Å². The van der Waals surface area contributed by atoms with E-state index in [1.54, 1.807) is 11.3 Å². The van der Waals surface area contributed by atoms with Gasteiger partial charge in [-0.3, -0.25) is 0 Å². The molecule has 0 fully saturated rings. The highest BCUT2D eigenvalue weighted by Gasteiger charge is 2.14. The second-order valence-corrected chi connectivity index (χ2v) is 6.19. The van der Waals surface area contributed by atoms with Crippen LogP contribution in [0.25, 0.3) is 22.4 Å². The quantitative estimate of drug-likeness (QED) is 0.623. The number of nitrogens with zero attached hydrogens (tertiary/aromatic N) is 4. The number of fused-ring (bicyclic) bond motifs is 1. The highest BCUT2D eigenvalue weighted by molar-refractivity contribution is 7.15. The van der Waals surface area contributed by atoms with Crippen LogP contribution < -0.4 is 5.32 Å². The minimum absolute atomic E-state index is 0.657. The summed E-state index contributed by atoms with van der Waals surface area (Å²) < 4.78 is 2.20. The van der Waals surface area contributed by atoms with Gasteiger partial charge in [0.2, 0.25) is 5.13 Å². The van der Waals surface area contributed by atoms with Crippen molar-refractivity contribution < 1.29 is 0 Å². The maximum Gasteiger partial charge on any atom is 0.205 e. The Labute approximate surface area is 137 Å². The molecule has 0 bridgehead atoms. The maximum absolute atomic E-state index is 4.81. The molecule has 0 aliphatic carbocycles. The van der Waals surface area contributed by atoms with Gasteiger partial charge < -0.3 is 9.88 Å². The van der Waals surface area contributed by atoms with E-state index in [1.165, 1.54) is 0 Å². The first-order valence-electron chi connectivity index (χ1n) is 7.36. The summed E-state index contributed by atoms with van der Waals surface area (Å²) in [6, 6.07) is 18.4. The van der Waals surface area contributed by atoms with Gasteiger partial charge in [-0.1, -0.05) is 53.8 Å². The fraction of sp³-hybridized carbons (Fsp3) is 0.118. The molecule has 5 nitrogen and oxygen atoms in total. The number of imidazole rings is 1. The van der Waals surface area contributed by atoms with E-state index in [0.717, 1.165) is 32.6 Å². The molecule has 2 aromatic carbocycles. The third kappa shape index (κ3) is 2.57. The third-order valence-corrected chi connectivity index (χ3v) is 4.59. The van der Waals surface area contributed by atoms with Crippen molar-refractivity contribution in [3.63, 3.8) is 0 Å². The van der Waals surface area contributed by atoms with E-state index in [4.69, 9.17) is 4.98 Å². The van der Waals surface area contributed by atoms with Crippen molar-refractivity contribution in [2.75, 3.05) is 12.4 Å². The van der Waals surface area contributed by atoms with Crippen LogP contribution in [0.5, 0.6) is 0 Å². The van der Waals surface area contributed by atoms with Crippen molar-refractivity contribution in [1.29, 1.82) is 0 Å². The zero-order valence-electron chi connectivity index (χ0n) is 12.6. The van der Waals surface area contributed by atoms with Crippen molar-refractivity contribution in [3.8, 4) is 11.4 Å². The lowest BCUT2D eigenvalue weighted by Crippen LogP contribution is -2.02. The second kappa shape index (κ2) is 5.81. The summed E-state index contributed by atoms with van der Waals surface area (Å²) in [6.45, 7) is 0.657. The molecule has 114 valence electrons. The molecule has 0 unspecified atom stereocenters. The summed E-state index contributed by atoms with van der Waals surface area (Å²) in [6.07, 6.45) is 0. The lowest BCUT2D eigenvalue weighted by molar-refractivity contribution is 0.809. The minimum atomic E-state index is 0.657. The van der Waals surface area contributed by atoms with Crippen LogP contribution in [0.1, 0.15) is 5.01 Å². The van der Waals surface area contributed by atoms with Gasteiger partial charge in [-0.15, -0.1) is 10.2 Å². The highest BCUT2D eigenvalue weighted by Crippen LogP contribution is 2.26. The van der Waals surface area contributed by atoms with Gasteiger partial charge in [-0.2, -0.15) is 0 Å². The smallest absolute Gasteiger partial charge is 0.205 e. The Morgan fingerprint density at radius 1 is 1.00 bits per heavy atom. The van der Waals surface area contributed by atoms with Gasteiger partial charge in [-0.25, -0.2) is 4.98 Å². The molecule has 0 amide bonds. The monoisotopic (exact) mass is 321 g/mol. The van der Waals surface area contributed by atoms with Crippen molar-refractivity contribution in [2.24, 2.45) is 0 Å². The Morgan fingerprint density at radius 2 is 1.78 bits per heavy atom. The Balaban J connectivity index is 1.85. The Hall–Kier alpha value is -2.73. The maximum atomic E-state index is 4.81. The molecule has 0 aliphatic rings. The Kier molecular flexibility index (Phi) is 3.51. The van der Waals surface area contributed by atoms with E-state index in [2.05, 4.69) is 38.3 Å². The van der Waals surface area contributed by atoms with Gasteiger partial charge in [0.05, 0.1) is 17.6 Å². The largest absolute Gasteiger partial charge is 0.363 e. The van der Waals surface area contributed by atoms with E-state index in [1.807, 2.05) is 43.4 Å². The molecule has 0 saturated carbocycles. The molecule has 0 radical (unpaired) electrons. The van der Waals surface area contributed by atoms with Crippen LogP contribution in [0.15, 0.2) is 54.6 Å². The van der Waals surface area contributed by atoms with Crippen molar-refractivity contribution >= 4 is 27.5 Å². The number of rotatable bonds is 4. The van der Waals surface area contributed by atoms with Crippen LogP contribution in [-0.2, 0) is 6.54 Å². The Bertz CT molecular complexity index is 942. The van der Waals surface area contributed by atoms with Gasteiger partial charge in [-0.05, 0) is 12.1 Å². The molecule has 2 aromatic heterocycles. The normalized spacial score (nSPS) is 11.0. The summed E-state index contributed by atoms with van der Waals surface area (Å²) in [5.41, 5.74) is 3.19. The average molecular weight is 321 g/mol. The van der Waals surface area contributed by atoms with Gasteiger partial charge in [0.25, 0.3) is 0 Å². The topological polar surface area (TPSA) is 55.6 Å². The van der Waals surface area contributed by atoms with Crippen LogP contribution in [-0.4, -0.2) is 26.8 Å². The third-order valence-electron chi connectivity index (χ3n) is 3.66. The molecule has 0 saturated heterocycles. The lowest BCUT2D eigenvalue weighted by Gasteiger charge is -2.07. The number of hydrogen-bond acceptors (Lipinski definition) is 5. The summed E-state index contributed by atoms with van der Waals surface area (Å²) >= 11 is 1.56. The van der Waals surface area contributed by atoms with E-state index in [9.17, 15) is 0 Å². The number of hydrogen-bond donors (Lipinski definition) is 1. The summed E-state index contributed by atoms with van der Waals surface area (Å²) in [5, 5.41) is 13.2. The minimum Gasteiger partial charge on any atom is -0.363 e. The van der Waals surface area contributed by atoms with E-state index in [-0.39, 0.29) is 0 Å². The molecule has 2 heterocycles. The molecule has 4 aromatic rings. The molecular weight excluding hydrogens is 306 g/mol. The molecule has 0 aliphatic heterocycles. The fourth-order valence-corrected chi connectivity index (χ4v) is 3.28. The zero-order valence-corrected chi connectivity index (χ0v) is 13.4. The SMILES string of the molecule is CNc1nnc(Cn2c(-c3ccccc3)nc3ccccc32)s1. The van der Waals surface area contributed by atoms with Crippen LogP contribution >= 0.6 is 11.3 Å². The molecule has 1 N–H and O–H groups in total. The van der Waals surface area contributed by atoms with E-state index < -0.39 is 0 Å². The van der Waals surface area contributed by atoms with Crippen molar-refractivity contribution in [2.45, 2.75) is 6.54 Å². The molecule has 4 rings (SSSR count). The first-order chi connectivity index (χ1) is 11.3. The van der Waals surface area contributed by atoms with Crippen LogP contribution in [0.4, 0.5) is 5.13 Å². The number of aromatic nitrogens is 4. The van der Waals surface area contributed by atoms with Crippen LogP contribution in [0.2, 0.25) is 0 Å². The van der Waals surface area contributed by atoms with E-state index >= 15 is 0 Å². The number of anilines is 1. The standard InChI is InChI=1S/C17H15N5S/c1-18-17-21-20-15(23-17)11-22-14-10-6-5-9-13(14)19-16(22)12-7-3-2-4-8-12/h2-10H,11H2,1H3,(H,18,21). The van der Waals surface area contributed by atoms with Crippen LogP contribution in [0.3, 0.4) is 0 Å². The van der Waals surface area contributed by atoms with Gasteiger partial charge in [0.15, 0.2) is 0 Å². The van der Waals surface area contributed by atoms with Gasteiger partial charge in [0.1, 0.15) is 10.8 Å².